The highest BCUT2D eigenvalue weighted by Gasteiger charge is 2.37. The van der Waals surface area contributed by atoms with Crippen molar-refractivity contribution in [2.45, 2.75) is 38.8 Å². The normalized spacial score (nSPS) is 12.4. The first-order valence-corrected chi connectivity index (χ1v) is 8.09. The maximum atomic E-state index is 13.0. The second-order valence-corrected chi connectivity index (χ2v) is 6.94. The molecule has 0 aliphatic heterocycles. The summed E-state index contributed by atoms with van der Waals surface area (Å²) >= 11 is 0. The lowest BCUT2D eigenvalue weighted by Crippen LogP contribution is -2.55. The van der Waals surface area contributed by atoms with Gasteiger partial charge in [0.05, 0.1) is 0 Å². The van der Waals surface area contributed by atoms with Crippen LogP contribution in [0.15, 0.2) is 54.6 Å². The summed E-state index contributed by atoms with van der Waals surface area (Å²) in [6.45, 7) is 5.46. The molecule has 0 spiro atoms. The number of aliphatic carboxylic acids is 1. The fourth-order valence-corrected chi connectivity index (χ4v) is 2.78. The number of rotatable bonds is 5. The van der Waals surface area contributed by atoms with Crippen molar-refractivity contribution in [3.05, 3.63) is 65.7 Å². The zero-order chi connectivity index (χ0) is 18.6. The molecule has 1 atom stereocenters. The number of carboxylic acids is 1. The van der Waals surface area contributed by atoms with Gasteiger partial charge in [-0.1, -0.05) is 30.3 Å². The number of carboxylic acid groups (broad SMARTS) is 1. The maximum absolute atomic E-state index is 13.0. The molecule has 0 heterocycles. The van der Waals surface area contributed by atoms with E-state index in [0.29, 0.717) is 5.56 Å². The second-order valence-electron chi connectivity index (χ2n) is 6.94. The van der Waals surface area contributed by atoms with Gasteiger partial charge in [-0.2, -0.15) is 0 Å². The first-order valence-electron chi connectivity index (χ1n) is 8.09. The van der Waals surface area contributed by atoms with Crippen LogP contribution in [-0.2, 0) is 11.2 Å². The van der Waals surface area contributed by atoms with Crippen molar-refractivity contribution in [2.24, 2.45) is 0 Å². The second kappa shape index (κ2) is 7.38. The Balaban J connectivity index is 2.40. The summed E-state index contributed by atoms with van der Waals surface area (Å²) in [5.74, 6) is -1.27. The van der Waals surface area contributed by atoms with Gasteiger partial charge in [-0.15, -0.1) is 0 Å². The van der Waals surface area contributed by atoms with Crippen LogP contribution >= 0.6 is 0 Å². The van der Waals surface area contributed by atoms with E-state index in [0.717, 1.165) is 5.56 Å². The van der Waals surface area contributed by atoms with Crippen LogP contribution in [0, 0.1) is 0 Å². The predicted octanol–water partition coefficient (Wildman–Crippen LogP) is 3.33. The van der Waals surface area contributed by atoms with Crippen LogP contribution in [0.1, 0.15) is 36.7 Å². The van der Waals surface area contributed by atoms with Crippen LogP contribution in [-0.4, -0.2) is 38.6 Å². The highest BCUT2D eigenvalue weighted by atomic mass is 16.4. The Hall–Kier alpha value is -2.82. The van der Waals surface area contributed by atoms with Crippen molar-refractivity contribution in [2.75, 3.05) is 0 Å². The van der Waals surface area contributed by atoms with Crippen molar-refractivity contribution in [3.63, 3.8) is 0 Å². The van der Waals surface area contributed by atoms with Gasteiger partial charge in [0.25, 0.3) is 5.91 Å². The van der Waals surface area contributed by atoms with Gasteiger partial charge in [0.1, 0.15) is 11.8 Å². The molecule has 0 radical (unpaired) electrons. The number of phenols is 1. The molecule has 0 aromatic heterocycles. The van der Waals surface area contributed by atoms with Crippen molar-refractivity contribution in [1.29, 1.82) is 0 Å². The Morgan fingerprint density at radius 3 is 2.04 bits per heavy atom. The van der Waals surface area contributed by atoms with E-state index in [2.05, 4.69) is 0 Å². The molecule has 0 aliphatic rings. The Morgan fingerprint density at radius 2 is 1.56 bits per heavy atom. The van der Waals surface area contributed by atoms with E-state index in [4.69, 9.17) is 0 Å². The van der Waals surface area contributed by atoms with Crippen LogP contribution in [0.25, 0.3) is 0 Å². The van der Waals surface area contributed by atoms with Crippen molar-refractivity contribution in [3.8, 4) is 5.75 Å². The van der Waals surface area contributed by atoms with Gasteiger partial charge in [0, 0.05) is 17.5 Å². The maximum Gasteiger partial charge on any atom is 0.326 e. The van der Waals surface area contributed by atoms with Gasteiger partial charge >= 0.3 is 5.97 Å². The minimum atomic E-state index is -1.06. The number of phenolic OH excluding ortho intramolecular Hbond substituents is 1. The van der Waals surface area contributed by atoms with Crippen LogP contribution < -0.4 is 0 Å². The van der Waals surface area contributed by atoms with E-state index < -0.39 is 17.6 Å². The molecule has 2 rings (SSSR count). The minimum absolute atomic E-state index is 0.115. The molecule has 0 bridgehead atoms. The summed E-state index contributed by atoms with van der Waals surface area (Å²) in [6, 6.07) is 14.0. The van der Waals surface area contributed by atoms with Crippen LogP contribution in [0.4, 0.5) is 0 Å². The van der Waals surface area contributed by atoms with Gasteiger partial charge in [-0.05, 0) is 50.6 Å². The lowest BCUT2D eigenvalue weighted by molar-refractivity contribution is -0.144. The molecule has 0 aliphatic carbocycles. The van der Waals surface area contributed by atoms with Crippen LogP contribution in [0.3, 0.4) is 0 Å². The molecule has 0 saturated heterocycles. The quantitative estimate of drug-likeness (QED) is 0.874. The summed E-state index contributed by atoms with van der Waals surface area (Å²) in [6.07, 6.45) is 0.158. The number of hydrogen-bond acceptors (Lipinski definition) is 3. The SMILES string of the molecule is CC(C)(C)N(C(=O)c1ccccc1)C(Cc1ccc(O)cc1)C(=O)O. The number of amides is 1. The molecule has 2 aromatic rings. The van der Waals surface area contributed by atoms with E-state index in [1.807, 2.05) is 26.8 Å². The first kappa shape index (κ1) is 18.5. The number of carbonyl (C=O) groups excluding carboxylic acids is 1. The smallest absolute Gasteiger partial charge is 0.326 e. The average molecular weight is 341 g/mol. The molecule has 1 unspecified atom stereocenters. The molecular formula is C20H23NO4. The molecule has 2 aromatic carbocycles. The van der Waals surface area contributed by atoms with E-state index >= 15 is 0 Å². The molecule has 0 saturated carbocycles. The highest BCUT2D eigenvalue weighted by Crippen LogP contribution is 2.24. The van der Waals surface area contributed by atoms with Gasteiger partial charge in [0.15, 0.2) is 0 Å². The predicted molar refractivity (Wildman–Crippen MR) is 95.6 cm³/mol. The fraction of sp³-hybridized carbons (Fsp3) is 0.300. The zero-order valence-electron chi connectivity index (χ0n) is 14.6. The summed E-state index contributed by atoms with van der Waals surface area (Å²) in [7, 11) is 0. The minimum Gasteiger partial charge on any atom is -0.508 e. The lowest BCUT2D eigenvalue weighted by Gasteiger charge is -2.40. The molecule has 0 fully saturated rings. The molecule has 5 nitrogen and oxygen atoms in total. The van der Waals surface area contributed by atoms with Crippen LogP contribution in [0.2, 0.25) is 0 Å². The Kier molecular flexibility index (Phi) is 5.47. The zero-order valence-corrected chi connectivity index (χ0v) is 14.6. The third-order valence-electron chi connectivity index (χ3n) is 3.92. The Bertz CT molecular complexity index is 733. The fourth-order valence-electron chi connectivity index (χ4n) is 2.78. The first-order chi connectivity index (χ1) is 11.7. The molecule has 2 N–H and O–H groups in total. The highest BCUT2D eigenvalue weighted by molar-refractivity contribution is 5.97. The van der Waals surface area contributed by atoms with E-state index in [-0.39, 0.29) is 18.1 Å². The lowest BCUT2D eigenvalue weighted by atomic mass is 9.96. The summed E-state index contributed by atoms with van der Waals surface area (Å²) in [5.41, 5.74) is 0.516. The van der Waals surface area contributed by atoms with Crippen molar-refractivity contribution < 1.29 is 19.8 Å². The van der Waals surface area contributed by atoms with Gasteiger partial charge in [-0.3, -0.25) is 4.79 Å². The van der Waals surface area contributed by atoms with E-state index in [1.54, 1.807) is 36.4 Å². The number of hydrogen-bond donors (Lipinski definition) is 2. The standard InChI is InChI=1S/C20H23NO4/c1-20(2,3)21(18(23)15-7-5-4-6-8-15)17(19(24)25)13-14-9-11-16(22)12-10-14/h4-12,17,22H,13H2,1-3H3,(H,24,25). The summed E-state index contributed by atoms with van der Waals surface area (Å²) in [4.78, 5) is 26.4. The topological polar surface area (TPSA) is 77.8 Å². The third kappa shape index (κ3) is 4.59. The largest absolute Gasteiger partial charge is 0.508 e. The molecule has 5 heteroatoms. The van der Waals surface area contributed by atoms with E-state index in [1.165, 1.54) is 17.0 Å². The molecule has 1 amide bonds. The van der Waals surface area contributed by atoms with Crippen molar-refractivity contribution >= 4 is 11.9 Å². The number of carbonyl (C=O) groups is 2. The summed E-state index contributed by atoms with van der Waals surface area (Å²) in [5, 5.41) is 19.2. The van der Waals surface area contributed by atoms with Gasteiger partial charge in [0.2, 0.25) is 0 Å². The van der Waals surface area contributed by atoms with Crippen LogP contribution in [0.5, 0.6) is 5.75 Å². The molecule has 132 valence electrons. The third-order valence-corrected chi connectivity index (χ3v) is 3.92. The number of benzene rings is 2. The molecular weight excluding hydrogens is 318 g/mol. The van der Waals surface area contributed by atoms with E-state index in [9.17, 15) is 19.8 Å². The number of aromatic hydroxyl groups is 1. The summed E-state index contributed by atoms with van der Waals surface area (Å²) < 4.78 is 0. The molecule has 25 heavy (non-hydrogen) atoms. The average Bonchev–Trinajstić information content (AvgIpc) is 2.55. The Labute approximate surface area is 147 Å². The number of nitrogens with zero attached hydrogens (tertiary/aromatic N) is 1. The monoisotopic (exact) mass is 341 g/mol. The van der Waals surface area contributed by atoms with Gasteiger partial charge in [-0.25, -0.2) is 4.79 Å². The van der Waals surface area contributed by atoms with Crippen molar-refractivity contribution in [1.82, 2.24) is 4.90 Å². The van der Waals surface area contributed by atoms with Gasteiger partial charge < -0.3 is 15.1 Å². The Morgan fingerprint density at radius 1 is 1.00 bits per heavy atom.